The van der Waals surface area contributed by atoms with Crippen LogP contribution in [0.2, 0.25) is 0 Å². The highest BCUT2D eigenvalue weighted by Crippen LogP contribution is 2.22. The van der Waals surface area contributed by atoms with Crippen molar-refractivity contribution in [2.75, 3.05) is 51.5 Å². The summed E-state index contributed by atoms with van der Waals surface area (Å²) in [5.74, 6) is 1.42. The minimum Gasteiger partial charge on any atom is -0.476 e. The summed E-state index contributed by atoms with van der Waals surface area (Å²) in [5, 5.41) is 0. The fraction of sp³-hybridized carbons (Fsp3) is 0.615. The Morgan fingerprint density at radius 3 is 2.56 bits per heavy atom. The number of nitrogens with two attached hydrogens (primary N) is 1. The molecule has 2 N–H and O–H groups in total. The average Bonchev–Trinajstić information content (AvgIpc) is 2.31. The van der Waals surface area contributed by atoms with E-state index in [4.69, 9.17) is 10.5 Å². The molecule has 1 aromatic heterocycles. The second-order valence-corrected chi connectivity index (χ2v) is 4.58. The van der Waals surface area contributed by atoms with Gasteiger partial charge in [0.15, 0.2) is 0 Å². The van der Waals surface area contributed by atoms with Crippen LogP contribution in [0.4, 0.5) is 11.5 Å². The molecule has 102 valence electrons. The molecule has 1 heterocycles. The number of pyridine rings is 1. The summed E-state index contributed by atoms with van der Waals surface area (Å²) >= 11 is 0. The largest absolute Gasteiger partial charge is 0.476 e. The number of hydrogen-bond acceptors (Lipinski definition) is 5. The van der Waals surface area contributed by atoms with Crippen molar-refractivity contribution in [2.45, 2.75) is 13.3 Å². The molecule has 1 aromatic rings. The number of rotatable bonds is 7. The van der Waals surface area contributed by atoms with Crippen LogP contribution in [0.15, 0.2) is 12.1 Å². The lowest BCUT2D eigenvalue weighted by molar-refractivity contribution is 0.329. The van der Waals surface area contributed by atoms with Crippen LogP contribution in [0, 0.1) is 0 Å². The van der Waals surface area contributed by atoms with E-state index in [1.165, 1.54) is 0 Å². The van der Waals surface area contributed by atoms with E-state index in [2.05, 4.69) is 28.9 Å². The normalized spacial score (nSPS) is 10.7. The van der Waals surface area contributed by atoms with Crippen LogP contribution in [0.5, 0.6) is 5.88 Å². The van der Waals surface area contributed by atoms with Crippen molar-refractivity contribution in [3.63, 3.8) is 0 Å². The molecule has 0 saturated carbocycles. The lowest BCUT2D eigenvalue weighted by Gasteiger charge is -2.20. The van der Waals surface area contributed by atoms with Gasteiger partial charge in [-0.15, -0.1) is 0 Å². The summed E-state index contributed by atoms with van der Waals surface area (Å²) in [6.45, 7) is 4.53. The predicted octanol–water partition coefficient (Wildman–Crippen LogP) is 1.45. The Morgan fingerprint density at radius 1 is 1.22 bits per heavy atom. The molecule has 5 nitrogen and oxygen atoms in total. The summed E-state index contributed by atoms with van der Waals surface area (Å²) in [6.07, 6.45) is 1.10. The van der Waals surface area contributed by atoms with Crippen LogP contribution in [-0.2, 0) is 0 Å². The SMILES string of the molecule is CCOc1nc(N(C)CCCN(C)C)ccc1N. The monoisotopic (exact) mass is 252 g/mol. The summed E-state index contributed by atoms with van der Waals surface area (Å²) in [5.41, 5.74) is 6.39. The molecule has 0 aliphatic carbocycles. The zero-order valence-electron chi connectivity index (χ0n) is 11.8. The number of hydrogen-bond donors (Lipinski definition) is 1. The Kier molecular flexibility index (Phi) is 5.71. The summed E-state index contributed by atoms with van der Waals surface area (Å²) in [4.78, 5) is 8.72. The molecule has 18 heavy (non-hydrogen) atoms. The standard InChI is InChI=1S/C13H24N4O/c1-5-18-13-11(14)7-8-12(15-13)17(4)10-6-9-16(2)3/h7-8H,5-6,9-10,14H2,1-4H3. The highest BCUT2D eigenvalue weighted by Gasteiger charge is 2.07. The van der Waals surface area contributed by atoms with Gasteiger partial charge >= 0.3 is 0 Å². The van der Waals surface area contributed by atoms with E-state index in [-0.39, 0.29) is 0 Å². The Labute approximate surface area is 110 Å². The average molecular weight is 252 g/mol. The van der Waals surface area contributed by atoms with Crippen LogP contribution in [-0.4, -0.2) is 50.7 Å². The molecule has 1 rings (SSSR count). The lowest BCUT2D eigenvalue weighted by Crippen LogP contribution is -2.24. The fourth-order valence-corrected chi connectivity index (χ4v) is 1.65. The highest BCUT2D eigenvalue weighted by molar-refractivity contribution is 5.54. The van der Waals surface area contributed by atoms with Gasteiger partial charge in [-0.1, -0.05) is 0 Å². The molecule has 0 spiro atoms. The lowest BCUT2D eigenvalue weighted by atomic mass is 10.3. The molecular weight excluding hydrogens is 228 g/mol. The predicted molar refractivity (Wildman–Crippen MR) is 76.3 cm³/mol. The van der Waals surface area contributed by atoms with Crippen molar-refractivity contribution >= 4 is 11.5 Å². The van der Waals surface area contributed by atoms with Gasteiger partial charge in [0.1, 0.15) is 5.82 Å². The molecule has 0 aliphatic heterocycles. The van der Waals surface area contributed by atoms with E-state index < -0.39 is 0 Å². The van der Waals surface area contributed by atoms with Crippen LogP contribution >= 0.6 is 0 Å². The first-order chi connectivity index (χ1) is 8.54. The van der Waals surface area contributed by atoms with Gasteiger partial charge in [0.2, 0.25) is 5.88 Å². The summed E-state index contributed by atoms with van der Waals surface area (Å²) in [6, 6.07) is 3.77. The Morgan fingerprint density at radius 2 is 1.94 bits per heavy atom. The van der Waals surface area contributed by atoms with Crippen molar-refractivity contribution < 1.29 is 4.74 Å². The number of anilines is 2. The number of nitrogen functional groups attached to an aromatic ring is 1. The smallest absolute Gasteiger partial charge is 0.239 e. The summed E-state index contributed by atoms with van der Waals surface area (Å²) in [7, 11) is 6.19. The van der Waals surface area contributed by atoms with Gasteiger partial charge in [0, 0.05) is 13.6 Å². The van der Waals surface area contributed by atoms with Crippen LogP contribution in [0.3, 0.4) is 0 Å². The number of aromatic nitrogens is 1. The van der Waals surface area contributed by atoms with E-state index in [1.807, 2.05) is 26.1 Å². The third-order valence-electron chi connectivity index (χ3n) is 2.65. The molecule has 0 fully saturated rings. The minimum atomic E-state index is 0.523. The van der Waals surface area contributed by atoms with Crippen LogP contribution < -0.4 is 15.4 Å². The maximum absolute atomic E-state index is 5.80. The molecule has 0 atom stereocenters. The second kappa shape index (κ2) is 7.06. The van der Waals surface area contributed by atoms with Crippen molar-refractivity contribution in [1.29, 1.82) is 0 Å². The quantitative estimate of drug-likeness (QED) is 0.796. The molecule has 5 heteroatoms. The molecule has 0 aromatic carbocycles. The van der Waals surface area contributed by atoms with Gasteiger partial charge in [-0.25, -0.2) is 0 Å². The van der Waals surface area contributed by atoms with Crippen LogP contribution in [0.1, 0.15) is 13.3 Å². The van der Waals surface area contributed by atoms with E-state index in [0.29, 0.717) is 18.2 Å². The second-order valence-electron chi connectivity index (χ2n) is 4.58. The van der Waals surface area contributed by atoms with Crippen molar-refractivity contribution in [2.24, 2.45) is 0 Å². The van der Waals surface area contributed by atoms with Gasteiger partial charge in [0.25, 0.3) is 0 Å². The maximum atomic E-state index is 5.80. The van der Waals surface area contributed by atoms with Gasteiger partial charge in [0.05, 0.1) is 12.3 Å². The maximum Gasteiger partial charge on any atom is 0.239 e. The fourth-order valence-electron chi connectivity index (χ4n) is 1.65. The molecule has 0 unspecified atom stereocenters. The molecule has 0 saturated heterocycles. The highest BCUT2D eigenvalue weighted by atomic mass is 16.5. The molecule has 0 aliphatic rings. The first kappa shape index (κ1) is 14.6. The molecule has 0 amide bonds. The Balaban J connectivity index is 2.62. The molecule has 0 bridgehead atoms. The van der Waals surface area contributed by atoms with Gasteiger partial charge in [-0.3, -0.25) is 0 Å². The third-order valence-corrected chi connectivity index (χ3v) is 2.65. The Bertz CT molecular complexity index is 368. The van der Waals surface area contributed by atoms with E-state index >= 15 is 0 Å². The van der Waals surface area contributed by atoms with Crippen LogP contribution in [0.25, 0.3) is 0 Å². The van der Waals surface area contributed by atoms with Crippen molar-refractivity contribution in [3.8, 4) is 5.88 Å². The van der Waals surface area contributed by atoms with Crippen molar-refractivity contribution in [3.05, 3.63) is 12.1 Å². The zero-order chi connectivity index (χ0) is 13.5. The van der Waals surface area contributed by atoms with E-state index in [1.54, 1.807) is 0 Å². The third kappa shape index (κ3) is 4.41. The Hall–Kier alpha value is -1.49. The molecule has 0 radical (unpaired) electrons. The first-order valence-electron chi connectivity index (χ1n) is 6.29. The van der Waals surface area contributed by atoms with E-state index in [9.17, 15) is 0 Å². The minimum absolute atomic E-state index is 0.523. The topological polar surface area (TPSA) is 54.6 Å². The molecular formula is C13H24N4O. The number of ether oxygens (including phenoxy) is 1. The van der Waals surface area contributed by atoms with Gasteiger partial charge < -0.3 is 20.3 Å². The first-order valence-corrected chi connectivity index (χ1v) is 6.29. The van der Waals surface area contributed by atoms with Crippen molar-refractivity contribution in [1.82, 2.24) is 9.88 Å². The number of nitrogens with zero attached hydrogens (tertiary/aromatic N) is 3. The summed E-state index contributed by atoms with van der Waals surface area (Å²) < 4.78 is 5.40. The van der Waals surface area contributed by atoms with Gasteiger partial charge in [-0.05, 0) is 46.1 Å². The zero-order valence-corrected chi connectivity index (χ0v) is 11.8. The van der Waals surface area contributed by atoms with E-state index in [0.717, 1.165) is 25.3 Å². The van der Waals surface area contributed by atoms with Gasteiger partial charge in [-0.2, -0.15) is 4.98 Å².